The van der Waals surface area contributed by atoms with Gasteiger partial charge in [0.25, 0.3) is 5.91 Å². The lowest BCUT2D eigenvalue weighted by Crippen LogP contribution is -2.13. The van der Waals surface area contributed by atoms with E-state index in [4.69, 9.17) is 11.6 Å². The van der Waals surface area contributed by atoms with Gasteiger partial charge in [0, 0.05) is 22.0 Å². The van der Waals surface area contributed by atoms with Gasteiger partial charge in [0.2, 0.25) is 5.91 Å². The molecule has 0 bridgehead atoms. The fourth-order valence-electron chi connectivity index (χ4n) is 2.32. The number of rotatable bonds is 2. The number of carbonyl (C=O) groups is 2. The van der Waals surface area contributed by atoms with E-state index in [-0.39, 0.29) is 11.8 Å². The highest BCUT2D eigenvalue weighted by Crippen LogP contribution is 2.25. The second-order valence-electron chi connectivity index (χ2n) is 5.01. The Morgan fingerprint density at radius 3 is 2.81 bits per heavy atom. The molecule has 0 unspecified atom stereocenters. The zero-order valence-electron chi connectivity index (χ0n) is 11.4. The molecule has 0 radical (unpaired) electrons. The molecule has 2 aromatic carbocycles. The number of anilines is 2. The van der Waals surface area contributed by atoms with Crippen LogP contribution in [0.25, 0.3) is 0 Å². The molecule has 1 heterocycles. The molecule has 0 spiro atoms. The summed E-state index contributed by atoms with van der Waals surface area (Å²) in [6.07, 6.45) is 0.369. The Kier molecular flexibility index (Phi) is 3.39. The number of halogens is 1. The van der Waals surface area contributed by atoms with Crippen LogP contribution in [0, 0.1) is 6.92 Å². The minimum absolute atomic E-state index is 0.0453. The normalized spacial score (nSPS) is 12.8. The summed E-state index contributed by atoms with van der Waals surface area (Å²) in [7, 11) is 0. The first-order valence-corrected chi connectivity index (χ1v) is 6.91. The number of amides is 2. The number of aryl methyl sites for hydroxylation is 1. The highest BCUT2D eigenvalue weighted by atomic mass is 35.5. The maximum absolute atomic E-state index is 12.3. The highest BCUT2D eigenvalue weighted by molar-refractivity contribution is 6.30. The second-order valence-corrected chi connectivity index (χ2v) is 5.45. The lowest BCUT2D eigenvalue weighted by molar-refractivity contribution is -0.115. The quantitative estimate of drug-likeness (QED) is 0.893. The van der Waals surface area contributed by atoms with Crippen molar-refractivity contribution < 1.29 is 9.59 Å². The smallest absolute Gasteiger partial charge is 0.255 e. The standard InChI is InChI=1S/C16H13ClN2O2/c1-9-6-12(17)4-5-13(9)19-16(21)11-3-2-10-8-15(20)18-14(10)7-11/h2-7H,8H2,1H3,(H,18,20)(H,19,21). The number of carbonyl (C=O) groups excluding carboxylic acids is 2. The van der Waals surface area contributed by atoms with Crippen LogP contribution >= 0.6 is 11.6 Å². The van der Waals surface area contributed by atoms with E-state index in [1.54, 1.807) is 36.4 Å². The average molecular weight is 301 g/mol. The van der Waals surface area contributed by atoms with Gasteiger partial charge in [-0.15, -0.1) is 0 Å². The fraction of sp³-hybridized carbons (Fsp3) is 0.125. The summed E-state index contributed by atoms with van der Waals surface area (Å²) in [4.78, 5) is 23.6. The topological polar surface area (TPSA) is 58.2 Å². The van der Waals surface area contributed by atoms with Crippen LogP contribution in [0.3, 0.4) is 0 Å². The predicted molar refractivity (Wildman–Crippen MR) is 82.9 cm³/mol. The van der Waals surface area contributed by atoms with Crippen molar-refractivity contribution in [2.45, 2.75) is 13.3 Å². The maximum atomic E-state index is 12.3. The van der Waals surface area contributed by atoms with Gasteiger partial charge in [0.1, 0.15) is 0 Å². The summed E-state index contributed by atoms with van der Waals surface area (Å²) >= 11 is 5.90. The molecule has 5 heteroatoms. The molecule has 0 aliphatic carbocycles. The Bertz CT molecular complexity index is 756. The van der Waals surface area contributed by atoms with Crippen LogP contribution in [0.4, 0.5) is 11.4 Å². The summed E-state index contributed by atoms with van der Waals surface area (Å²) in [5.41, 5.74) is 3.74. The Balaban J connectivity index is 1.83. The van der Waals surface area contributed by atoms with Gasteiger partial charge in [-0.2, -0.15) is 0 Å². The Hall–Kier alpha value is -2.33. The van der Waals surface area contributed by atoms with Crippen LogP contribution < -0.4 is 10.6 Å². The predicted octanol–water partition coefficient (Wildman–Crippen LogP) is 3.40. The average Bonchev–Trinajstić information content (AvgIpc) is 2.80. The van der Waals surface area contributed by atoms with E-state index >= 15 is 0 Å². The lowest BCUT2D eigenvalue weighted by atomic mass is 10.1. The van der Waals surface area contributed by atoms with E-state index < -0.39 is 0 Å². The summed E-state index contributed by atoms with van der Waals surface area (Å²) in [6, 6.07) is 10.5. The first-order chi connectivity index (χ1) is 10.0. The Labute approximate surface area is 127 Å². The molecule has 0 aromatic heterocycles. The minimum atomic E-state index is -0.218. The molecule has 1 aliphatic heterocycles. The molecule has 1 aliphatic rings. The van der Waals surface area contributed by atoms with Gasteiger partial charge in [0.05, 0.1) is 6.42 Å². The van der Waals surface area contributed by atoms with Crippen molar-refractivity contribution >= 4 is 34.8 Å². The lowest BCUT2D eigenvalue weighted by Gasteiger charge is -2.09. The summed E-state index contributed by atoms with van der Waals surface area (Å²) < 4.78 is 0. The third-order valence-electron chi connectivity index (χ3n) is 3.43. The Morgan fingerprint density at radius 1 is 1.24 bits per heavy atom. The van der Waals surface area contributed by atoms with E-state index in [0.29, 0.717) is 28.4 Å². The number of fused-ring (bicyclic) bond motifs is 1. The molecule has 2 amide bonds. The zero-order chi connectivity index (χ0) is 15.0. The number of nitrogens with one attached hydrogen (secondary N) is 2. The molecule has 0 saturated heterocycles. The SMILES string of the molecule is Cc1cc(Cl)ccc1NC(=O)c1ccc2c(c1)NC(=O)C2. The Morgan fingerprint density at radius 2 is 2.05 bits per heavy atom. The molecule has 2 aromatic rings. The van der Waals surface area contributed by atoms with Crippen LogP contribution in [0.1, 0.15) is 21.5 Å². The number of hydrogen-bond donors (Lipinski definition) is 2. The zero-order valence-corrected chi connectivity index (χ0v) is 12.1. The monoisotopic (exact) mass is 300 g/mol. The molecule has 0 fully saturated rings. The first kappa shape index (κ1) is 13.6. The van der Waals surface area contributed by atoms with E-state index in [0.717, 1.165) is 11.1 Å². The molecule has 0 saturated carbocycles. The van der Waals surface area contributed by atoms with Crippen LogP contribution in [0.2, 0.25) is 5.02 Å². The van der Waals surface area contributed by atoms with Crippen LogP contribution in [0.15, 0.2) is 36.4 Å². The molecular formula is C16H13ClN2O2. The van der Waals surface area contributed by atoms with Crippen molar-refractivity contribution in [1.82, 2.24) is 0 Å². The fourth-order valence-corrected chi connectivity index (χ4v) is 2.54. The van der Waals surface area contributed by atoms with Gasteiger partial charge in [0.15, 0.2) is 0 Å². The number of benzene rings is 2. The summed E-state index contributed by atoms with van der Waals surface area (Å²) in [5, 5.41) is 6.22. The van der Waals surface area contributed by atoms with Gasteiger partial charge in [-0.25, -0.2) is 0 Å². The molecule has 3 rings (SSSR count). The van der Waals surface area contributed by atoms with E-state index in [9.17, 15) is 9.59 Å². The molecule has 21 heavy (non-hydrogen) atoms. The van der Waals surface area contributed by atoms with Gasteiger partial charge < -0.3 is 10.6 Å². The van der Waals surface area contributed by atoms with Crippen molar-refractivity contribution in [3.8, 4) is 0 Å². The summed E-state index contributed by atoms with van der Waals surface area (Å²) in [6.45, 7) is 1.88. The molecule has 4 nitrogen and oxygen atoms in total. The number of hydrogen-bond acceptors (Lipinski definition) is 2. The van der Waals surface area contributed by atoms with Crippen LogP contribution in [-0.4, -0.2) is 11.8 Å². The van der Waals surface area contributed by atoms with E-state index in [2.05, 4.69) is 10.6 Å². The molecule has 2 N–H and O–H groups in total. The minimum Gasteiger partial charge on any atom is -0.326 e. The van der Waals surface area contributed by atoms with Gasteiger partial charge >= 0.3 is 0 Å². The van der Waals surface area contributed by atoms with Gasteiger partial charge in [-0.3, -0.25) is 9.59 Å². The largest absolute Gasteiger partial charge is 0.326 e. The van der Waals surface area contributed by atoms with Crippen molar-refractivity contribution in [2.24, 2.45) is 0 Å². The molecular weight excluding hydrogens is 288 g/mol. The second kappa shape index (κ2) is 5.22. The third kappa shape index (κ3) is 2.76. The van der Waals surface area contributed by atoms with E-state index in [1.807, 2.05) is 6.92 Å². The van der Waals surface area contributed by atoms with Crippen molar-refractivity contribution in [3.63, 3.8) is 0 Å². The molecule has 0 atom stereocenters. The van der Waals surface area contributed by atoms with Gasteiger partial charge in [-0.05, 0) is 48.4 Å². The van der Waals surface area contributed by atoms with Gasteiger partial charge in [-0.1, -0.05) is 17.7 Å². The van der Waals surface area contributed by atoms with Crippen LogP contribution in [-0.2, 0) is 11.2 Å². The first-order valence-electron chi connectivity index (χ1n) is 6.53. The maximum Gasteiger partial charge on any atom is 0.255 e. The summed E-state index contributed by atoms with van der Waals surface area (Å²) in [5.74, 6) is -0.263. The third-order valence-corrected chi connectivity index (χ3v) is 3.67. The highest BCUT2D eigenvalue weighted by Gasteiger charge is 2.19. The van der Waals surface area contributed by atoms with Crippen molar-refractivity contribution in [1.29, 1.82) is 0 Å². The van der Waals surface area contributed by atoms with Crippen LogP contribution in [0.5, 0.6) is 0 Å². The van der Waals surface area contributed by atoms with E-state index in [1.165, 1.54) is 0 Å². The van der Waals surface area contributed by atoms with Crippen molar-refractivity contribution in [3.05, 3.63) is 58.1 Å². The molecule has 106 valence electrons. The van der Waals surface area contributed by atoms with Crippen molar-refractivity contribution in [2.75, 3.05) is 10.6 Å².